The zero-order valence-corrected chi connectivity index (χ0v) is 17.7. The lowest BCUT2D eigenvalue weighted by Crippen LogP contribution is -2.54. The van der Waals surface area contributed by atoms with Crippen LogP contribution in [-0.2, 0) is 7.05 Å². The lowest BCUT2D eigenvalue weighted by molar-refractivity contribution is -0.659. The first kappa shape index (κ1) is 16.9. The smallest absolute Gasteiger partial charge is 0.200 e. The molecule has 3 aliphatic rings. The Morgan fingerprint density at radius 1 is 0.900 bits per heavy atom. The second-order valence-electron chi connectivity index (χ2n) is 9.57. The number of pyridine rings is 1. The van der Waals surface area contributed by atoms with Crippen LogP contribution >= 0.6 is 0 Å². The predicted molar refractivity (Wildman–Crippen MR) is 127 cm³/mol. The van der Waals surface area contributed by atoms with Crippen molar-refractivity contribution in [3.63, 3.8) is 0 Å². The fourth-order valence-corrected chi connectivity index (χ4v) is 6.63. The fourth-order valence-electron chi connectivity index (χ4n) is 6.63. The normalized spacial score (nSPS) is 16.3. The van der Waals surface area contributed by atoms with Crippen LogP contribution in [0, 0.1) is 6.92 Å². The summed E-state index contributed by atoms with van der Waals surface area (Å²) in [4.78, 5) is 0. The van der Waals surface area contributed by atoms with Gasteiger partial charge in [0.25, 0.3) is 0 Å². The van der Waals surface area contributed by atoms with Crippen LogP contribution in [0.4, 0.5) is 0 Å². The number of hydrogen-bond acceptors (Lipinski definition) is 0. The number of nitrogens with zero attached hydrogens (tertiary/aromatic N) is 1. The zero-order valence-electron chi connectivity index (χ0n) is 17.7. The molecule has 0 unspecified atom stereocenters. The number of aromatic nitrogens is 1. The second-order valence-corrected chi connectivity index (χ2v) is 9.57. The first-order valence-corrected chi connectivity index (χ1v) is 11.4. The monoisotopic (exact) mass is 386 g/mol. The van der Waals surface area contributed by atoms with Crippen LogP contribution in [-0.4, -0.2) is 6.71 Å². The number of rotatable bonds is 1. The van der Waals surface area contributed by atoms with Crippen LogP contribution in [0.5, 0.6) is 0 Å². The molecule has 1 aliphatic carbocycles. The Hall–Kier alpha value is -2.87. The van der Waals surface area contributed by atoms with E-state index in [4.69, 9.17) is 0 Å². The molecule has 0 radical (unpaired) electrons. The van der Waals surface area contributed by atoms with Crippen LogP contribution in [0.15, 0.2) is 60.8 Å². The molecule has 1 saturated carbocycles. The molecule has 3 aromatic carbocycles. The van der Waals surface area contributed by atoms with E-state index in [1.807, 2.05) is 0 Å². The molecule has 0 spiro atoms. The first-order valence-electron chi connectivity index (χ1n) is 11.4. The summed E-state index contributed by atoms with van der Waals surface area (Å²) in [6, 6.07) is 21.2. The predicted octanol–water partition coefficient (Wildman–Crippen LogP) is 4.11. The average Bonchev–Trinajstić information content (AvgIpc) is 3.41. The van der Waals surface area contributed by atoms with Crippen LogP contribution in [0.2, 0.25) is 0 Å². The minimum atomic E-state index is 0.366. The van der Waals surface area contributed by atoms with Gasteiger partial charge in [-0.2, -0.15) is 0 Å². The molecule has 0 saturated heterocycles. The van der Waals surface area contributed by atoms with Crippen LogP contribution in [0.1, 0.15) is 42.7 Å². The second kappa shape index (κ2) is 5.85. The summed E-state index contributed by atoms with van der Waals surface area (Å²) in [7, 11) is 2.21. The van der Waals surface area contributed by atoms with Crippen LogP contribution in [0.25, 0.3) is 33.2 Å². The summed E-state index contributed by atoms with van der Waals surface area (Å²) in [5.74, 6) is 0.734. The van der Waals surface area contributed by atoms with Crippen molar-refractivity contribution in [1.82, 2.24) is 0 Å². The quantitative estimate of drug-likeness (QED) is 0.296. The van der Waals surface area contributed by atoms with Gasteiger partial charge in [-0.3, -0.25) is 0 Å². The number of aryl methyl sites for hydroxylation is 2. The van der Waals surface area contributed by atoms with E-state index in [0.717, 1.165) is 5.92 Å². The van der Waals surface area contributed by atoms with Crippen molar-refractivity contribution in [3.8, 4) is 22.4 Å². The molecular weight excluding hydrogens is 361 g/mol. The molecule has 3 heterocycles. The van der Waals surface area contributed by atoms with E-state index in [2.05, 4.69) is 79.3 Å². The van der Waals surface area contributed by atoms with E-state index >= 15 is 0 Å². The van der Waals surface area contributed by atoms with Crippen molar-refractivity contribution in [2.75, 3.05) is 0 Å². The minimum absolute atomic E-state index is 0.366. The van der Waals surface area contributed by atoms with E-state index < -0.39 is 0 Å². The van der Waals surface area contributed by atoms with Crippen molar-refractivity contribution in [1.29, 1.82) is 0 Å². The van der Waals surface area contributed by atoms with Gasteiger partial charge in [0.15, 0.2) is 6.20 Å². The van der Waals surface area contributed by atoms with E-state index in [-0.39, 0.29) is 0 Å². The highest BCUT2D eigenvalue weighted by Crippen LogP contribution is 2.39. The number of benzene rings is 3. The number of hydrogen-bond donors (Lipinski definition) is 0. The Bertz CT molecular complexity index is 1380. The van der Waals surface area contributed by atoms with Gasteiger partial charge in [0, 0.05) is 17.0 Å². The molecule has 2 heteroatoms. The van der Waals surface area contributed by atoms with Gasteiger partial charge in [0.2, 0.25) is 12.4 Å². The molecule has 4 aromatic rings. The van der Waals surface area contributed by atoms with Crippen LogP contribution in [0.3, 0.4) is 0 Å². The molecule has 0 amide bonds. The molecule has 0 atom stereocenters. The summed E-state index contributed by atoms with van der Waals surface area (Å²) >= 11 is 0. The highest BCUT2D eigenvalue weighted by Gasteiger charge is 2.43. The van der Waals surface area contributed by atoms with Gasteiger partial charge in [-0.15, -0.1) is 0 Å². The largest absolute Gasteiger partial charge is 0.245 e. The van der Waals surface area contributed by atoms with Gasteiger partial charge >= 0.3 is 0 Å². The first-order chi connectivity index (χ1) is 14.7. The Balaban J connectivity index is 1.66. The Morgan fingerprint density at radius 2 is 1.73 bits per heavy atom. The van der Waals surface area contributed by atoms with Crippen molar-refractivity contribution < 1.29 is 4.57 Å². The summed E-state index contributed by atoms with van der Waals surface area (Å²) in [5.41, 5.74) is 13.2. The molecule has 1 nitrogen and oxygen atoms in total. The topological polar surface area (TPSA) is 3.88 Å². The fraction of sp³-hybridized carbons (Fsp3) is 0.250. The van der Waals surface area contributed by atoms with Gasteiger partial charge in [-0.1, -0.05) is 72.3 Å². The van der Waals surface area contributed by atoms with Gasteiger partial charge in [-0.25, -0.2) is 4.57 Å². The zero-order chi connectivity index (χ0) is 20.0. The van der Waals surface area contributed by atoms with E-state index in [1.165, 1.54) is 80.8 Å². The lowest BCUT2D eigenvalue weighted by atomic mass is 9.35. The molecule has 1 aromatic heterocycles. The maximum Gasteiger partial charge on any atom is 0.245 e. The minimum Gasteiger partial charge on any atom is -0.200 e. The van der Waals surface area contributed by atoms with Crippen molar-refractivity contribution >= 4 is 33.9 Å². The third kappa shape index (κ3) is 2.02. The van der Waals surface area contributed by atoms with E-state index in [1.54, 1.807) is 5.56 Å². The summed E-state index contributed by atoms with van der Waals surface area (Å²) in [6.07, 6.45) is 7.72. The van der Waals surface area contributed by atoms with Gasteiger partial charge < -0.3 is 0 Å². The molecule has 30 heavy (non-hydrogen) atoms. The summed E-state index contributed by atoms with van der Waals surface area (Å²) < 4.78 is 2.35. The van der Waals surface area contributed by atoms with Crippen molar-refractivity contribution in [3.05, 3.63) is 71.9 Å². The molecule has 1 fully saturated rings. The van der Waals surface area contributed by atoms with Crippen molar-refractivity contribution in [2.24, 2.45) is 7.05 Å². The van der Waals surface area contributed by atoms with E-state index in [9.17, 15) is 0 Å². The van der Waals surface area contributed by atoms with E-state index in [0.29, 0.717) is 6.71 Å². The number of fused-ring (bicyclic) bond motifs is 5. The Morgan fingerprint density at radius 3 is 2.60 bits per heavy atom. The third-order valence-corrected chi connectivity index (χ3v) is 7.97. The molecule has 0 N–H and O–H groups in total. The molecule has 144 valence electrons. The molecule has 2 aliphatic heterocycles. The van der Waals surface area contributed by atoms with Gasteiger partial charge in [-0.05, 0) is 58.8 Å². The maximum absolute atomic E-state index is 2.59. The lowest BCUT2D eigenvalue weighted by Gasteiger charge is -2.25. The molecule has 7 rings (SSSR count). The van der Waals surface area contributed by atoms with Gasteiger partial charge in [0.1, 0.15) is 7.05 Å². The highest BCUT2D eigenvalue weighted by molar-refractivity contribution is 7.01. The summed E-state index contributed by atoms with van der Waals surface area (Å²) in [6.45, 7) is 2.65. The standard InChI is InChI=1S/C28H25BN/c1-17-11-12-22-21-9-5-6-10-23(21)29-24-16-20(18-7-3-4-8-18)15-19-13-14-30(2)28(26(19)24)25(17)27(22)29/h5-6,9-16,18H,3-4,7-8H2,1-2H3/q+1. The van der Waals surface area contributed by atoms with Crippen LogP contribution < -0.4 is 21.0 Å². The Kier molecular flexibility index (Phi) is 3.29. The van der Waals surface area contributed by atoms with Gasteiger partial charge in [0.05, 0.1) is 0 Å². The third-order valence-electron chi connectivity index (χ3n) is 7.97. The molecule has 0 bridgehead atoms. The SMILES string of the molecule is Cc1ccc2c3c1-c1c4c(cc(C5CCCC5)cc4cc[n+]1C)B3c1ccccc1-2. The molecular formula is C28H25BN+. The highest BCUT2D eigenvalue weighted by atomic mass is 14.9. The average molecular weight is 386 g/mol. The van der Waals surface area contributed by atoms with Crippen molar-refractivity contribution in [2.45, 2.75) is 38.5 Å². The maximum atomic E-state index is 2.59. The Labute approximate surface area is 178 Å². The summed E-state index contributed by atoms with van der Waals surface area (Å²) in [5, 5.41) is 2.89.